The van der Waals surface area contributed by atoms with Crippen LogP contribution in [0.5, 0.6) is 0 Å². The van der Waals surface area contributed by atoms with E-state index >= 15 is 0 Å². The summed E-state index contributed by atoms with van der Waals surface area (Å²) in [5.74, 6) is -0.224. The molecule has 1 atom stereocenters. The van der Waals surface area contributed by atoms with Crippen molar-refractivity contribution in [2.45, 2.75) is 25.9 Å². The van der Waals surface area contributed by atoms with Gasteiger partial charge >= 0.3 is 6.03 Å². The van der Waals surface area contributed by atoms with E-state index in [1.807, 2.05) is 58.3 Å². The second-order valence-corrected chi connectivity index (χ2v) is 6.90. The van der Waals surface area contributed by atoms with Crippen LogP contribution >= 0.6 is 0 Å². The lowest BCUT2D eigenvalue weighted by Crippen LogP contribution is -2.36. The third-order valence-electron chi connectivity index (χ3n) is 4.10. The Balaban J connectivity index is 2.08. The lowest BCUT2D eigenvalue weighted by atomic mass is 10.1. The number of carbonyl (C=O) groups excluding carboxylic acids is 2. The highest BCUT2D eigenvalue weighted by atomic mass is 16.2. The summed E-state index contributed by atoms with van der Waals surface area (Å²) < 4.78 is 0. The van der Waals surface area contributed by atoms with Gasteiger partial charge in [0, 0.05) is 12.6 Å². The van der Waals surface area contributed by atoms with Crippen molar-refractivity contribution in [2.24, 2.45) is 0 Å². The van der Waals surface area contributed by atoms with E-state index in [1.54, 1.807) is 24.3 Å². The molecule has 6 heteroatoms. The van der Waals surface area contributed by atoms with Crippen molar-refractivity contribution in [3.8, 4) is 0 Å². The summed E-state index contributed by atoms with van der Waals surface area (Å²) in [6.45, 7) is 4.22. The minimum Gasteiger partial charge on any atom is -0.350 e. The molecule has 3 N–H and O–H groups in total. The second kappa shape index (κ2) is 9.73. The molecule has 1 unspecified atom stereocenters. The van der Waals surface area contributed by atoms with Gasteiger partial charge in [0.25, 0.3) is 5.91 Å². The Hall–Kier alpha value is -2.86. The summed E-state index contributed by atoms with van der Waals surface area (Å²) in [7, 11) is 3.96. The molecule has 2 aromatic carbocycles. The van der Waals surface area contributed by atoms with Gasteiger partial charge in [-0.05, 0) is 45.6 Å². The Morgan fingerprint density at radius 1 is 0.963 bits per heavy atom. The number of likely N-dealkylation sites (N-methyl/N-ethyl adjacent to an activating group) is 1. The number of amides is 3. The third-order valence-corrected chi connectivity index (χ3v) is 4.10. The largest absolute Gasteiger partial charge is 0.350 e. The fourth-order valence-electron chi connectivity index (χ4n) is 2.77. The summed E-state index contributed by atoms with van der Waals surface area (Å²) in [5.41, 5.74) is 2.04. The van der Waals surface area contributed by atoms with Gasteiger partial charge in [-0.3, -0.25) is 4.79 Å². The minimum atomic E-state index is -0.333. The Labute approximate surface area is 161 Å². The number of nitrogens with zero attached hydrogens (tertiary/aromatic N) is 1. The minimum absolute atomic E-state index is 0.0118. The van der Waals surface area contributed by atoms with Gasteiger partial charge < -0.3 is 20.9 Å². The molecule has 0 aliphatic carbocycles. The molecule has 0 aromatic heterocycles. The number of benzene rings is 2. The second-order valence-electron chi connectivity index (χ2n) is 6.90. The molecule has 0 bridgehead atoms. The first-order valence-corrected chi connectivity index (χ1v) is 9.04. The third kappa shape index (κ3) is 6.11. The van der Waals surface area contributed by atoms with E-state index in [4.69, 9.17) is 0 Å². The number of urea groups is 1. The Bertz CT molecular complexity index is 760. The molecule has 0 saturated heterocycles. The van der Waals surface area contributed by atoms with E-state index in [-0.39, 0.29) is 24.0 Å². The van der Waals surface area contributed by atoms with Gasteiger partial charge in [0.15, 0.2) is 0 Å². The molecule has 0 aliphatic rings. The van der Waals surface area contributed by atoms with Crippen molar-refractivity contribution in [3.63, 3.8) is 0 Å². The molecule has 6 nitrogen and oxygen atoms in total. The lowest BCUT2D eigenvalue weighted by molar-refractivity contribution is 0.0943. The predicted molar refractivity (Wildman–Crippen MR) is 109 cm³/mol. The Kier molecular flexibility index (Phi) is 7.37. The monoisotopic (exact) mass is 368 g/mol. The zero-order valence-corrected chi connectivity index (χ0v) is 16.3. The van der Waals surface area contributed by atoms with Gasteiger partial charge in [-0.25, -0.2) is 4.79 Å². The van der Waals surface area contributed by atoms with E-state index in [1.165, 1.54) is 0 Å². The first kappa shape index (κ1) is 20.5. The maximum atomic E-state index is 12.7. The maximum Gasteiger partial charge on any atom is 0.319 e. The zero-order chi connectivity index (χ0) is 19.8. The number of hydrogen-bond acceptors (Lipinski definition) is 3. The summed E-state index contributed by atoms with van der Waals surface area (Å²) >= 11 is 0. The molecule has 0 saturated carbocycles. The van der Waals surface area contributed by atoms with Crippen molar-refractivity contribution in [3.05, 3.63) is 65.7 Å². The van der Waals surface area contributed by atoms with Crippen molar-refractivity contribution in [1.82, 2.24) is 15.5 Å². The van der Waals surface area contributed by atoms with E-state index < -0.39 is 0 Å². The molecule has 2 aromatic rings. The molecule has 0 fully saturated rings. The van der Waals surface area contributed by atoms with Crippen LogP contribution in [0, 0.1) is 0 Å². The van der Waals surface area contributed by atoms with Crippen LogP contribution in [0.3, 0.4) is 0 Å². The Morgan fingerprint density at radius 3 is 2.22 bits per heavy atom. The van der Waals surface area contributed by atoms with Gasteiger partial charge in [0.05, 0.1) is 17.3 Å². The van der Waals surface area contributed by atoms with Crippen LogP contribution in [0.15, 0.2) is 54.6 Å². The standard InChI is InChI=1S/C21H28N4O2/c1-15(2)23-21(27)24-18-13-9-8-12-17(18)20(26)22-14-19(25(3)4)16-10-6-5-7-11-16/h5-13,15,19H,14H2,1-4H3,(H,22,26)(H2,23,24,27). The summed E-state index contributed by atoms with van der Waals surface area (Å²) in [5, 5.41) is 8.48. The van der Waals surface area contributed by atoms with Crippen molar-refractivity contribution >= 4 is 17.6 Å². The zero-order valence-electron chi connectivity index (χ0n) is 16.3. The first-order chi connectivity index (χ1) is 12.9. The van der Waals surface area contributed by atoms with Gasteiger partial charge in [-0.2, -0.15) is 0 Å². The number of rotatable bonds is 7. The van der Waals surface area contributed by atoms with Crippen LogP contribution in [0.1, 0.15) is 35.8 Å². The highest BCUT2D eigenvalue weighted by Crippen LogP contribution is 2.18. The highest BCUT2D eigenvalue weighted by Gasteiger charge is 2.18. The summed E-state index contributed by atoms with van der Waals surface area (Å²) in [6, 6.07) is 16.8. The van der Waals surface area contributed by atoms with Crippen LogP contribution in [-0.2, 0) is 0 Å². The van der Waals surface area contributed by atoms with Crippen LogP contribution in [0.4, 0.5) is 10.5 Å². The number of carbonyl (C=O) groups is 2. The summed E-state index contributed by atoms with van der Waals surface area (Å²) in [4.78, 5) is 26.8. The highest BCUT2D eigenvalue weighted by molar-refractivity contribution is 6.03. The van der Waals surface area contributed by atoms with Gasteiger partial charge in [0.1, 0.15) is 0 Å². The molecule has 144 valence electrons. The first-order valence-electron chi connectivity index (χ1n) is 9.04. The topological polar surface area (TPSA) is 73.5 Å². The summed E-state index contributed by atoms with van der Waals surface area (Å²) in [6.07, 6.45) is 0. The van der Waals surface area contributed by atoms with Gasteiger partial charge in [-0.1, -0.05) is 42.5 Å². The predicted octanol–water partition coefficient (Wildman–Crippen LogP) is 3.25. The van der Waals surface area contributed by atoms with E-state index in [9.17, 15) is 9.59 Å². The quantitative estimate of drug-likeness (QED) is 0.702. The molecule has 2 rings (SSSR count). The van der Waals surface area contributed by atoms with Gasteiger partial charge in [0.2, 0.25) is 0 Å². The molecule has 3 amide bonds. The Morgan fingerprint density at radius 2 is 1.59 bits per heavy atom. The van der Waals surface area contributed by atoms with E-state index in [0.29, 0.717) is 17.8 Å². The van der Waals surface area contributed by atoms with Crippen LogP contribution in [0.25, 0.3) is 0 Å². The smallest absolute Gasteiger partial charge is 0.319 e. The van der Waals surface area contributed by atoms with Crippen LogP contribution in [-0.4, -0.2) is 43.5 Å². The SMILES string of the molecule is CC(C)NC(=O)Nc1ccccc1C(=O)NCC(c1ccccc1)N(C)C. The number of nitrogens with one attached hydrogen (secondary N) is 3. The van der Waals surface area contributed by atoms with Crippen molar-refractivity contribution in [2.75, 3.05) is 26.0 Å². The normalized spacial score (nSPS) is 11.9. The van der Waals surface area contributed by atoms with Crippen molar-refractivity contribution in [1.29, 1.82) is 0 Å². The number of hydrogen-bond donors (Lipinski definition) is 3. The lowest BCUT2D eigenvalue weighted by Gasteiger charge is -2.25. The fourth-order valence-corrected chi connectivity index (χ4v) is 2.77. The number of anilines is 1. The maximum absolute atomic E-state index is 12.7. The molecule has 0 aliphatic heterocycles. The average Bonchev–Trinajstić information content (AvgIpc) is 2.62. The molecular weight excluding hydrogens is 340 g/mol. The molecule has 0 radical (unpaired) electrons. The molecule has 0 heterocycles. The molecule has 27 heavy (non-hydrogen) atoms. The van der Waals surface area contributed by atoms with E-state index in [0.717, 1.165) is 5.56 Å². The average molecular weight is 368 g/mol. The molecule has 0 spiro atoms. The van der Waals surface area contributed by atoms with Crippen LogP contribution < -0.4 is 16.0 Å². The molecular formula is C21H28N4O2. The van der Waals surface area contributed by atoms with Crippen LogP contribution in [0.2, 0.25) is 0 Å². The van der Waals surface area contributed by atoms with Gasteiger partial charge in [-0.15, -0.1) is 0 Å². The van der Waals surface area contributed by atoms with E-state index in [2.05, 4.69) is 20.9 Å². The number of para-hydroxylation sites is 1. The fraction of sp³-hybridized carbons (Fsp3) is 0.333. The van der Waals surface area contributed by atoms with Crippen molar-refractivity contribution < 1.29 is 9.59 Å².